The van der Waals surface area contributed by atoms with E-state index >= 15 is 0 Å². The maximum Gasteiger partial charge on any atom is 0.195 e. The van der Waals surface area contributed by atoms with E-state index in [0.717, 1.165) is 32.5 Å². The molecule has 0 amide bonds. The monoisotopic (exact) mass is 325 g/mol. The second kappa shape index (κ2) is 6.66. The van der Waals surface area contributed by atoms with E-state index in [-0.39, 0.29) is 0 Å². The molecule has 0 saturated carbocycles. The molecular formula is C17H19N5S. The fraction of sp³-hybridized carbons (Fsp3) is 0.176. The second-order valence-electron chi connectivity index (χ2n) is 5.31. The molecule has 0 atom stereocenters. The first-order valence-electron chi connectivity index (χ1n) is 7.35. The Balaban J connectivity index is 1.70. The maximum absolute atomic E-state index is 5.96. The van der Waals surface area contributed by atoms with Gasteiger partial charge in [0.05, 0.1) is 12.2 Å². The highest BCUT2D eigenvalue weighted by Crippen LogP contribution is 2.30. The standard InChI is InChI=1S/C17H19N5S/c1-11-8-14(10-19-11)15-12(2)23-17(21-15)22-16(18)20-9-13-6-4-3-5-7-13/h3-8,10,19H,9H2,1-2H3,(H3,18,20,21,22). The number of aromatic nitrogens is 2. The van der Waals surface area contributed by atoms with Crippen LogP contribution in [0.2, 0.25) is 0 Å². The van der Waals surface area contributed by atoms with Crippen LogP contribution in [0.5, 0.6) is 0 Å². The minimum absolute atomic E-state index is 0.374. The molecule has 0 bridgehead atoms. The summed E-state index contributed by atoms with van der Waals surface area (Å²) in [6.45, 7) is 4.63. The van der Waals surface area contributed by atoms with Gasteiger partial charge < -0.3 is 16.0 Å². The molecule has 2 aromatic heterocycles. The molecule has 0 aliphatic heterocycles. The molecule has 0 aliphatic rings. The van der Waals surface area contributed by atoms with Gasteiger partial charge in [0, 0.05) is 22.3 Å². The Morgan fingerprint density at radius 1 is 1.30 bits per heavy atom. The van der Waals surface area contributed by atoms with Crippen LogP contribution in [0.3, 0.4) is 0 Å². The molecular weight excluding hydrogens is 306 g/mol. The molecule has 4 N–H and O–H groups in total. The molecule has 23 heavy (non-hydrogen) atoms. The lowest BCUT2D eigenvalue weighted by molar-refractivity contribution is 1.06. The molecule has 3 aromatic rings. The molecule has 2 heterocycles. The number of aliphatic imine (C=N–C) groups is 1. The molecule has 0 saturated heterocycles. The summed E-state index contributed by atoms with van der Waals surface area (Å²) in [5.41, 5.74) is 10.3. The van der Waals surface area contributed by atoms with Crippen LogP contribution >= 0.6 is 11.3 Å². The van der Waals surface area contributed by atoms with Gasteiger partial charge in [-0.2, -0.15) is 0 Å². The third-order valence-electron chi connectivity index (χ3n) is 3.41. The fourth-order valence-electron chi connectivity index (χ4n) is 2.27. The lowest BCUT2D eigenvalue weighted by Gasteiger charge is -2.01. The normalized spacial score (nSPS) is 11.7. The topological polar surface area (TPSA) is 79.1 Å². The fourth-order valence-corrected chi connectivity index (χ4v) is 3.11. The molecule has 0 spiro atoms. The highest BCUT2D eigenvalue weighted by atomic mass is 32.1. The Morgan fingerprint density at radius 2 is 2.09 bits per heavy atom. The van der Waals surface area contributed by atoms with E-state index in [0.29, 0.717) is 12.5 Å². The molecule has 0 fully saturated rings. The highest BCUT2D eigenvalue weighted by molar-refractivity contribution is 7.16. The number of benzene rings is 1. The van der Waals surface area contributed by atoms with E-state index < -0.39 is 0 Å². The Labute approximate surface area is 139 Å². The van der Waals surface area contributed by atoms with Gasteiger partial charge >= 0.3 is 0 Å². The second-order valence-corrected chi connectivity index (χ2v) is 6.51. The van der Waals surface area contributed by atoms with Crippen molar-refractivity contribution in [3.63, 3.8) is 0 Å². The zero-order chi connectivity index (χ0) is 16.2. The van der Waals surface area contributed by atoms with Crippen molar-refractivity contribution in [1.82, 2.24) is 9.97 Å². The third kappa shape index (κ3) is 3.78. The van der Waals surface area contributed by atoms with Gasteiger partial charge in [-0.05, 0) is 25.5 Å². The van der Waals surface area contributed by atoms with Crippen molar-refractivity contribution < 1.29 is 0 Å². The number of hydrogen-bond acceptors (Lipinski definition) is 3. The first-order valence-corrected chi connectivity index (χ1v) is 8.17. The number of guanidine groups is 1. The highest BCUT2D eigenvalue weighted by Gasteiger charge is 2.11. The van der Waals surface area contributed by atoms with E-state index in [4.69, 9.17) is 5.73 Å². The van der Waals surface area contributed by atoms with Crippen molar-refractivity contribution in [1.29, 1.82) is 0 Å². The van der Waals surface area contributed by atoms with Crippen molar-refractivity contribution in [2.75, 3.05) is 5.32 Å². The summed E-state index contributed by atoms with van der Waals surface area (Å²) in [5, 5.41) is 3.83. The Kier molecular flexibility index (Phi) is 4.43. The number of nitrogens with two attached hydrogens (primary N) is 1. The summed E-state index contributed by atoms with van der Waals surface area (Å²) in [5.74, 6) is 0.374. The van der Waals surface area contributed by atoms with Gasteiger partial charge in [0.1, 0.15) is 0 Å². The van der Waals surface area contributed by atoms with E-state index in [1.54, 1.807) is 11.3 Å². The number of rotatable bonds is 4. The zero-order valence-electron chi connectivity index (χ0n) is 13.1. The first kappa shape index (κ1) is 15.3. The minimum atomic E-state index is 0.374. The van der Waals surface area contributed by atoms with E-state index in [9.17, 15) is 0 Å². The molecule has 5 nitrogen and oxygen atoms in total. The van der Waals surface area contributed by atoms with Crippen molar-refractivity contribution >= 4 is 22.4 Å². The summed E-state index contributed by atoms with van der Waals surface area (Å²) in [6.07, 6.45) is 1.97. The van der Waals surface area contributed by atoms with Crippen molar-refractivity contribution in [2.24, 2.45) is 10.7 Å². The summed E-state index contributed by atoms with van der Waals surface area (Å²) in [4.78, 5) is 13.3. The summed E-state index contributed by atoms with van der Waals surface area (Å²) in [7, 11) is 0. The van der Waals surface area contributed by atoms with Crippen molar-refractivity contribution in [2.45, 2.75) is 20.4 Å². The van der Waals surface area contributed by atoms with Gasteiger partial charge in [0.15, 0.2) is 11.1 Å². The maximum atomic E-state index is 5.96. The number of nitrogens with zero attached hydrogens (tertiary/aromatic N) is 2. The molecule has 0 radical (unpaired) electrons. The zero-order valence-corrected chi connectivity index (χ0v) is 13.9. The smallest absolute Gasteiger partial charge is 0.195 e. The Hall–Kier alpha value is -2.60. The first-order chi connectivity index (χ1) is 11.1. The molecule has 3 rings (SSSR count). The predicted octanol–water partition coefficient (Wildman–Crippen LogP) is 3.68. The van der Waals surface area contributed by atoms with Crippen LogP contribution < -0.4 is 11.1 Å². The van der Waals surface area contributed by atoms with Crippen LogP contribution in [-0.2, 0) is 6.54 Å². The van der Waals surface area contributed by atoms with Gasteiger partial charge in [-0.3, -0.25) is 0 Å². The summed E-state index contributed by atoms with van der Waals surface area (Å²) < 4.78 is 0. The third-order valence-corrected chi connectivity index (χ3v) is 4.29. The van der Waals surface area contributed by atoms with Crippen LogP contribution in [0, 0.1) is 13.8 Å². The van der Waals surface area contributed by atoms with Gasteiger partial charge in [0.2, 0.25) is 0 Å². The minimum Gasteiger partial charge on any atom is -0.370 e. The average Bonchev–Trinajstić information content (AvgIpc) is 3.12. The van der Waals surface area contributed by atoms with Crippen LogP contribution in [-0.4, -0.2) is 15.9 Å². The van der Waals surface area contributed by atoms with Crippen LogP contribution in [0.1, 0.15) is 16.1 Å². The summed E-state index contributed by atoms with van der Waals surface area (Å²) >= 11 is 1.57. The number of thiazole rings is 1. The largest absolute Gasteiger partial charge is 0.370 e. The number of anilines is 1. The molecule has 1 aromatic carbocycles. The lowest BCUT2D eigenvalue weighted by Crippen LogP contribution is -2.22. The van der Waals surface area contributed by atoms with E-state index in [1.807, 2.05) is 43.5 Å². The predicted molar refractivity (Wildman–Crippen MR) is 96.8 cm³/mol. The molecule has 6 heteroatoms. The van der Waals surface area contributed by atoms with Crippen molar-refractivity contribution in [3.05, 3.63) is 58.7 Å². The van der Waals surface area contributed by atoms with Gasteiger partial charge in [0.25, 0.3) is 0 Å². The van der Waals surface area contributed by atoms with Crippen LogP contribution in [0.15, 0.2) is 47.6 Å². The van der Waals surface area contributed by atoms with Crippen LogP contribution in [0.25, 0.3) is 11.3 Å². The summed E-state index contributed by atoms with van der Waals surface area (Å²) in [6, 6.07) is 12.1. The van der Waals surface area contributed by atoms with Crippen LogP contribution in [0.4, 0.5) is 5.13 Å². The SMILES string of the molecule is Cc1cc(-c2nc(NC(N)=NCc3ccccc3)sc2C)c[nH]1. The average molecular weight is 325 g/mol. The van der Waals surface area contributed by atoms with Gasteiger partial charge in [-0.15, -0.1) is 11.3 Å². The number of aromatic amines is 1. The number of aryl methyl sites for hydroxylation is 2. The molecule has 118 valence electrons. The van der Waals surface area contributed by atoms with E-state index in [2.05, 4.69) is 33.3 Å². The van der Waals surface area contributed by atoms with E-state index in [1.165, 1.54) is 0 Å². The van der Waals surface area contributed by atoms with Gasteiger partial charge in [-0.1, -0.05) is 30.3 Å². The molecule has 0 aliphatic carbocycles. The number of nitrogens with one attached hydrogen (secondary N) is 2. The Morgan fingerprint density at radius 3 is 2.78 bits per heavy atom. The number of hydrogen-bond donors (Lipinski definition) is 3. The quantitative estimate of drug-likeness (QED) is 0.506. The number of H-pyrrole nitrogens is 1. The molecule has 0 unspecified atom stereocenters. The van der Waals surface area contributed by atoms with Gasteiger partial charge in [-0.25, -0.2) is 9.98 Å². The lowest BCUT2D eigenvalue weighted by atomic mass is 10.2. The van der Waals surface area contributed by atoms with Crippen molar-refractivity contribution in [3.8, 4) is 11.3 Å². The Bertz CT molecular complexity index is 817.